The molecule has 2 aliphatic rings. The molecule has 1 aromatic heterocycles. The number of carbonyl (C=O) groups excluding carboxylic acids is 3. The second-order valence-corrected chi connectivity index (χ2v) is 7.82. The zero-order chi connectivity index (χ0) is 18.7. The van der Waals surface area contributed by atoms with Crippen molar-refractivity contribution in [1.82, 2.24) is 10.2 Å². The molecule has 3 atom stereocenters. The first-order valence-electron chi connectivity index (χ1n) is 9.08. The van der Waals surface area contributed by atoms with Crippen LogP contribution in [-0.2, 0) is 32.1 Å². The highest BCUT2D eigenvalue weighted by Gasteiger charge is 2.36. The summed E-state index contributed by atoms with van der Waals surface area (Å²) in [5.74, 6) is -0.948. The minimum Gasteiger partial charge on any atom is -0.367 e. The first kappa shape index (κ1) is 18.8. The maximum absolute atomic E-state index is 12.9. The van der Waals surface area contributed by atoms with E-state index in [2.05, 4.69) is 16.8 Å². The zero-order valence-electron chi connectivity index (χ0n) is 14.9. The molecule has 3 N–H and O–H groups in total. The fourth-order valence-electron chi connectivity index (χ4n) is 3.51. The van der Waals surface area contributed by atoms with Gasteiger partial charge in [0, 0.05) is 18.0 Å². The molecular weight excluding hydrogens is 354 g/mol. The molecule has 3 rings (SSSR count). The van der Waals surface area contributed by atoms with Crippen molar-refractivity contribution in [3.8, 4) is 0 Å². The minimum absolute atomic E-state index is 0.0542. The molecule has 0 radical (unpaired) electrons. The van der Waals surface area contributed by atoms with Gasteiger partial charge in [0.25, 0.3) is 0 Å². The average Bonchev–Trinajstić information content (AvgIpc) is 3.29. The van der Waals surface area contributed by atoms with Gasteiger partial charge in [0.05, 0.1) is 0 Å². The van der Waals surface area contributed by atoms with E-state index in [-0.39, 0.29) is 11.8 Å². The van der Waals surface area contributed by atoms with Crippen molar-refractivity contribution < 1.29 is 19.1 Å². The van der Waals surface area contributed by atoms with Gasteiger partial charge in [-0.25, -0.2) is 0 Å². The van der Waals surface area contributed by atoms with Crippen molar-refractivity contribution in [2.75, 3.05) is 6.54 Å². The Hall–Kier alpha value is -1.93. The number of rotatable bonds is 6. The maximum Gasteiger partial charge on any atom is 0.249 e. The summed E-state index contributed by atoms with van der Waals surface area (Å²) in [6.45, 7) is 3.25. The van der Waals surface area contributed by atoms with Gasteiger partial charge in [-0.3, -0.25) is 14.4 Å². The fraction of sp³-hybridized carbons (Fsp3) is 0.611. The van der Waals surface area contributed by atoms with Gasteiger partial charge in [0.2, 0.25) is 17.7 Å². The van der Waals surface area contributed by atoms with Gasteiger partial charge in [0.15, 0.2) is 0 Å². The second kappa shape index (κ2) is 8.18. The lowest BCUT2D eigenvalue weighted by Gasteiger charge is -2.31. The lowest BCUT2D eigenvalue weighted by atomic mass is 10.1. The van der Waals surface area contributed by atoms with Crippen LogP contribution in [0.5, 0.6) is 0 Å². The highest BCUT2D eigenvalue weighted by Crippen LogP contribution is 2.25. The number of nitrogens with one attached hydrogen (secondary N) is 1. The summed E-state index contributed by atoms with van der Waals surface area (Å²) in [5, 5.41) is 4.88. The van der Waals surface area contributed by atoms with Crippen molar-refractivity contribution in [3.05, 3.63) is 21.9 Å². The van der Waals surface area contributed by atoms with Crippen LogP contribution in [0.3, 0.4) is 0 Å². The number of fused-ring (bicyclic) bond motifs is 1. The number of primary amides is 1. The molecule has 0 unspecified atom stereocenters. The van der Waals surface area contributed by atoms with Crippen LogP contribution in [0.1, 0.15) is 43.0 Å². The van der Waals surface area contributed by atoms with Gasteiger partial charge in [-0.15, -0.1) is 11.3 Å². The molecule has 26 heavy (non-hydrogen) atoms. The monoisotopic (exact) mass is 379 g/mol. The third kappa shape index (κ3) is 4.07. The Balaban J connectivity index is 1.61. The van der Waals surface area contributed by atoms with Crippen molar-refractivity contribution in [3.63, 3.8) is 0 Å². The molecule has 142 valence electrons. The van der Waals surface area contributed by atoms with Crippen LogP contribution >= 0.6 is 11.3 Å². The Kier molecular flexibility index (Phi) is 5.93. The first-order chi connectivity index (χ1) is 12.5. The summed E-state index contributed by atoms with van der Waals surface area (Å²) in [5.41, 5.74) is 6.42. The quantitative estimate of drug-likeness (QED) is 0.768. The molecule has 1 aromatic rings. The lowest BCUT2D eigenvalue weighted by Crippen LogP contribution is -2.51. The molecule has 0 spiro atoms. The van der Waals surface area contributed by atoms with Crippen molar-refractivity contribution in [2.45, 2.75) is 63.8 Å². The number of carbonyl (C=O) groups is 3. The SMILES string of the molecule is CCC[C@H](NC(=O)[C@H]1CC[C@@H](C(N)=O)O1)C(=O)N1CCc2sccc2C1. The first-order valence-corrected chi connectivity index (χ1v) is 9.96. The number of nitrogens with two attached hydrogens (primary N) is 1. The molecule has 0 saturated carbocycles. The molecule has 1 saturated heterocycles. The summed E-state index contributed by atoms with van der Waals surface area (Å²) in [7, 11) is 0. The summed E-state index contributed by atoms with van der Waals surface area (Å²) in [4.78, 5) is 39.8. The highest BCUT2D eigenvalue weighted by molar-refractivity contribution is 7.10. The van der Waals surface area contributed by atoms with Gasteiger partial charge in [-0.05, 0) is 42.7 Å². The van der Waals surface area contributed by atoms with Gasteiger partial charge in [-0.1, -0.05) is 13.3 Å². The van der Waals surface area contributed by atoms with E-state index in [4.69, 9.17) is 10.5 Å². The number of ether oxygens (including phenoxy) is 1. The number of amides is 3. The standard InChI is InChI=1S/C18H25N3O4S/c1-2-3-12(20-17(23)14-5-4-13(25-14)16(19)22)18(24)21-8-6-15-11(10-21)7-9-26-15/h7,9,12-14H,2-6,8,10H2,1H3,(H2,19,22)(H,20,23)/t12-,13-,14+/m0/s1. The van der Waals surface area contributed by atoms with E-state index in [0.29, 0.717) is 32.4 Å². The van der Waals surface area contributed by atoms with Gasteiger partial charge >= 0.3 is 0 Å². The van der Waals surface area contributed by atoms with E-state index in [1.54, 1.807) is 11.3 Å². The summed E-state index contributed by atoms with van der Waals surface area (Å²) in [6, 6.07) is 1.49. The van der Waals surface area contributed by atoms with Crippen LogP contribution < -0.4 is 11.1 Å². The molecule has 7 nitrogen and oxygen atoms in total. The average molecular weight is 379 g/mol. The van der Waals surface area contributed by atoms with E-state index in [1.807, 2.05) is 11.8 Å². The van der Waals surface area contributed by atoms with E-state index >= 15 is 0 Å². The van der Waals surface area contributed by atoms with Crippen LogP contribution in [0.25, 0.3) is 0 Å². The van der Waals surface area contributed by atoms with E-state index < -0.39 is 24.2 Å². The van der Waals surface area contributed by atoms with E-state index in [9.17, 15) is 14.4 Å². The largest absolute Gasteiger partial charge is 0.367 e. The molecule has 3 heterocycles. The molecule has 1 fully saturated rings. The molecule has 2 aliphatic heterocycles. The Bertz CT molecular complexity index is 690. The Labute approximate surface area is 156 Å². The molecular formula is C18H25N3O4S. The Morgan fingerprint density at radius 2 is 2.15 bits per heavy atom. The van der Waals surface area contributed by atoms with Crippen LogP contribution in [-0.4, -0.2) is 47.4 Å². The van der Waals surface area contributed by atoms with Gasteiger partial charge in [-0.2, -0.15) is 0 Å². The predicted octanol–water partition coefficient (Wildman–Crippen LogP) is 0.951. The number of hydrogen-bond acceptors (Lipinski definition) is 5. The van der Waals surface area contributed by atoms with Crippen molar-refractivity contribution in [2.24, 2.45) is 5.73 Å². The molecule has 8 heteroatoms. The smallest absolute Gasteiger partial charge is 0.249 e. The van der Waals surface area contributed by atoms with Crippen LogP contribution in [0, 0.1) is 0 Å². The Morgan fingerprint density at radius 1 is 1.38 bits per heavy atom. The predicted molar refractivity (Wildman–Crippen MR) is 97.4 cm³/mol. The third-order valence-corrected chi connectivity index (χ3v) is 5.96. The zero-order valence-corrected chi connectivity index (χ0v) is 15.7. The molecule has 3 amide bonds. The third-order valence-electron chi connectivity index (χ3n) is 4.94. The lowest BCUT2D eigenvalue weighted by molar-refractivity contribution is -0.142. The van der Waals surface area contributed by atoms with Gasteiger partial charge in [0.1, 0.15) is 18.2 Å². The van der Waals surface area contributed by atoms with Gasteiger partial charge < -0.3 is 20.7 Å². The summed E-state index contributed by atoms with van der Waals surface area (Å²) in [6.07, 6.45) is 1.65. The van der Waals surface area contributed by atoms with Crippen LogP contribution in [0.2, 0.25) is 0 Å². The second-order valence-electron chi connectivity index (χ2n) is 6.82. The number of nitrogens with zero attached hydrogens (tertiary/aromatic N) is 1. The van der Waals surface area contributed by atoms with Crippen molar-refractivity contribution >= 4 is 29.1 Å². The maximum atomic E-state index is 12.9. The summed E-state index contributed by atoms with van der Waals surface area (Å²) < 4.78 is 5.41. The number of thiophene rings is 1. The van der Waals surface area contributed by atoms with E-state index in [1.165, 1.54) is 10.4 Å². The van der Waals surface area contributed by atoms with E-state index in [0.717, 1.165) is 12.8 Å². The highest BCUT2D eigenvalue weighted by atomic mass is 32.1. The van der Waals surface area contributed by atoms with Crippen LogP contribution in [0.4, 0.5) is 0 Å². The topological polar surface area (TPSA) is 102 Å². The molecule has 0 aromatic carbocycles. The molecule has 0 bridgehead atoms. The summed E-state index contributed by atoms with van der Waals surface area (Å²) >= 11 is 1.73. The number of hydrogen-bond donors (Lipinski definition) is 2. The normalized spacial score (nSPS) is 23.3. The van der Waals surface area contributed by atoms with Crippen molar-refractivity contribution in [1.29, 1.82) is 0 Å². The minimum atomic E-state index is -0.718. The fourth-order valence-corrected chi connectivity index (χ4v) is 4.40. The molecule has 0 aliphatic carbocycles. The van der Waals surface area contributed by atoms with Crippen LogP contribution in [0.15, 0.2) is 11.4 Å². The Morgan fingerprint density at radius 3 is 2.85 bits per heavy atom.